The predicted octanol–water partition coefficient (Wildman–Crippen LogP) is 3.76. The van der Waals surface area contributed by atoms with Crippen molar-refractivity contribution in [3.63, 3.8) is 0 Å². The van der Waals surface area contributed by atoms with Crippen molar-refractivity contribution in [1.29, 1.82) is 0 Å². The number of likely N-dealkylation sites (tertiary alicyclic amines) is 1. The van der Waals surface area contributed by atoms with E-state index in [1.807, 2.05) is 27.7 Å². The maximum absolute atomic E-state index is 13.3. The second-order valence-electron chi connectivity index (χ2n) is 8.30. The number of aromatic nitrogens is 3. The summed E-state index contributed by atoms with van der Waals surface area (Å²) >= 11 is 0. The van der Waals surface area contributed by atoms with E-state index in [4.69, 9.17) is 4.74 Å². The molecule has 0 saturated carbocycles. The molecule has 1 aliphatic rings. The van der Waals surface area contributed by atoms with Crippen LogP contribution >= 0.6 is 0 Å². The summed E-state index contributed by atoms with van der Waals surface area (Å²) in [5.74, 6) is 1.27. The molecular weight excluding hydrogens is 347 g/mol. The molecule has 1 saturated heterocycles. The highest BCUT2D eigenvalue weighted by Crippen LogP contribution is 2.37. The van der Waals surface area contributed by atoms with Gasteiger partial charge in [0, 0.05) is 18.5 Å². The Morgan fingerprint density at radius 1 is 1.26 bits per heavy atom. The van der Waals surface area contributed by atoms with E-state index in [9.17, 15) is 9.18 Å². The number of hydrogen-bond donors (Lipinski definition) is 1. The minimum Gasteiger partial charge on any atom is -0.444 e. The van der Waals surface area contributed by atoms with Crippen LogP contribution in [0.2, 0.25) is 0 Å². The molecule has 6 nitrogen and oxygen atoms in total. The molecule has 0 spiro atoms. The Hall–Kier alpha value is -2.44. The van der Waals surface area contributed by atoms with Crippen LogP contribution in [0.15, 0.2) is 24.3 Å². The molecule has 2 heterocycles. The average Bonchev–Trinajstić information content (AvgIpc) is 3.03. The highest BCUT2D eigenvalue weighted by atomic mass is 19.1. The van der Waals surface area contributed by atoms with Crippen LogP contribution in [-0.4, -0.2) is 44.9 Å². The van der Waals surface area contributed by atoms with Crippen LogP contribution < -0.4 is 0 Å². The third-order valence-electron chi connectivity index (χ3n) is 4.90. The number of aromatic amines is 1. The number of hydrogen-bond acceptors (Lipinski definition) is 4. The zero-order chi connectivity index (χ0) is 19.7. The Kier molecular flexibility index (Phi) is 5.22. The molecule has 1 amide bonds. The monoisotopic (exact) mass is 374 g/mol. The fraction of sp³-hybridized carbons (Fsp3) is 0.550. The Bertz CT molecular complexity index is 787. The molecule has 0 aliphatic carbocycles. The van der Waals surface area contributed by atoms with Gasteiger partial charge in [0.1, 0.15) is 17.2 Å². The molecule has 1 aliphatic heterocycles. The van der Waals surface area contributed by atoms with Crippen molar-refractivity contribution in [3.8, 4) is 0 Å². The lowest BCUT2D eigenvalue weighted by molar-refractivity contribution is 0.0159. The van der Waals surface area contributed by atoms with Gasteiger partial charge in [0.25, 0.3) is 0 Å². The summed E-state index contributed by atoms with van der Waals surface area (Å²) in [5, 5.41) is 7.33. The number of piperidine rings is 1. The van der Waals surface area contributed by atoms with Gasteiger partial charge in [0.15, 0.2) is 5.82 Å². The molecule has 7 heteroatoms. The van der Waals surface area contributed by atoms with Crippen molar-refractivity contribution in [1.82, 2.24) is 20.1 Å². The van der Waals surface area contributed by atoms with Crippen LogP contribution in [0, 0.1) is 12.7 Å². The van der Waals surface area contributed by atoms with E-state index in [-0.39, 0.29) is 17.3 Å². The van der Waals surface area contributed by atoms with Gasteiger partial charge < -0.3 is 9.64 Å². The first-order chi connectivity index (χ1) is 12.7. The van der Waals surface area contributed by atoms with E-state index in [2.05, 4.69) is 15.2 Å². The van der Waals surface area contributed by atoms with Crippen LogP contribution in [0.25, 0.3) is 0 Å². The molecule has 0 atom stereocenters. The zero-order valence-electron chi connectivity index (χ0n) is 16.4. The summed E-state index contributed by atoms with van der Waals surface area (Å²) in [4.78, 5) is 18.7. The summed E-state index contributed by atoms with van der Waals surface area (Å²) in [5.41, 5.74) is 0.228. The zero-order valence-corrected chi connectivity index (χ0v) is 16.4. The maximum Gasteiger partial charge on any atom is 0.410 e. The van der Waals surface area contributed by atoms with Gasteiger partial charge in [0.05, 0.1) is 0 Å². The third-order valence-corrected chi connectivity index (χ3v) is 4.90. The fourth-order valence-electron chi connectivity index (χ4n) is 3.50. The minimum atomic E-state index is -0.513. The molecule has 146 valence electrons. The summed E-state index contributed by atoms with van der Waals surface area (Å²) < 4.78 is 18.8. The lowest BCUT2D eigenvalue weighted by atomic mass is 9.73. The van der Waals surface area contributed by atoms with Gasteiger partial charge in [-0.1, -0.05) is 12.1 Å². The van der Waals surface area contributed by atoms with Crippen LogP contribution in [0.5, 0.6) is 0 Å². The lowest BCUT2D eigenvalue weighted by Gasteiger charge is -2.40. The quantitative estimate of drug-likeness (QED) is 0.888. The van der Waals surface area contributed by atoms with Gasteiger partial charge in [0.2, 0.25) is 0 Å². The SMILES string of the molecule is Cc1nc(C2(Cc3ccc(F)cc3)CCN(C(=O)OC(C)(C)C)CC2)n[nH]1. The van der Waals surface area contributed by atoms with Gasteiger partial charge in [-0.2, -0.15) is 5.10 Å². The van der Waals surface area contributed by atoms with Crippen molar-refractivity contribution in [3.05, 3.63) is 47.3 Å². The molecule has 1 fully saturated rings. The van der Waals surface area contributed by atoms with E-state index in [1.54, 1.807) is 17.0 Å². The molecule has 1 aromatic carbocycles. The second kappa shape index (κ2) is 7.29. The minimum absolute atomic E-state index is 0.249. The smallest absolute Gasteiger partial charge is 0.410 e. The summed E-state index contributed by atoms with van der Waals surface area (Å²) in [6, 6.07) is 6.55. The molecule has 0 bridgehead atoms. The number of rotatable bonds is 3. The van der Waals surface area contributed by atoms with Crippen LogP contribution in [0.4, 0.5) is 9.18 Å². The Morgan fingerprint density at radius 2 is 1.89 bits per heavy atom. The topological polar surface area (TPSA) is 71.1 Å². The summed E-state index contributed by atoms with van der Waals surface area (Å²) in [7, 11) is 0. The predicted molar refractivity (Wildman–Crippen MR) is 99.9 cm³/mol. The average molecular weight is 374 g/mol. The highest BCUT2D eigenvalue weighted by Gasteiger charge is 2.41. The number of nitrogens with zero attached hydrogens (tertiary/aromatic N) is 3. The van der Waals surface area contributed by atoms with E-state index in [0.29, 0.717) is 19.5 Å². The van der Waals surface area contributed by atoms with Crippen LogP contribution in [-0.2, 0) is 16.6 Å². The van der Waals surface area contributed by atoms with Crippen molar-refractivity contribution in [2.75, 3.05) is 13.1 Å². The number of ether oxygens (including phenoxy) is 1. The first-order valence-corrected chi connectivity index (χ1v) is 9.29. The maximum atomic E-state index is 13.3. The first-order valence-electron chi connectivity index (χ1n) is 9.29. The molecule has 2 aromatic rings. The molecule has 3 rings (SSSR count). The van der Waals surface area contributed by atoms with Crippen LogP contribution in [0.1, 0.15) is 50.8 Å². The Morgan fingerprint density at radius 3 is 2.41 bits per heavy atom. The number of H-pyrrole nitrogens is 1. The fourth-order valence-corrected chi connectivity index (χ4v) is 3.50. The van der Waals surface area contributed by atoms with E-state index in [0.717, 1.165) is 30.1 Å². The number of amides is 1. The number of halogens is 1. The van der Waals surface area contributed by atoms with E-state index < -0.39 is 5.60 Å². The molecule has 1 aromatic heterocycles. The van der Waals surface area contributed by atoms with Gasteiger partial charge in [-0.15, -0.1) is 0 Å². The molecule has 0 unspecified atom stereocenters. The summed E-state index contributed by atoms with van der Waals surface area (Å²) in [6.07, 6.45) is 1.86. The second-order valence-corrected chi connectivity index (χ2v) is 8.30. The molecule has 0 radical (unpaired) electrons. The number of carbonyl (C=O) groups is 1. The highest BCUT2D eigenvalue weighted by molar-refractivity contribution is 5.68. The van der Waals surface area contributed by atoms with Crippen molar-refractivity contribution in [2.45, 2.75) is 58.0 Å². The normalized spacial score (nSPS) is 17.0. The van der Waals surface area contributed by atoms with Crippen molar-refractivity contribution >= 4 is 6.09 Å². The van der Waals surface area contributed by atoms with Crippen molar-refractivity contribution in [2.24, 2.45) is 0 Å². The largest absolute Gasteiger partial charge is 0.444 e. The Balaban J connectivity index is 1.79. The third kappa shape index (κ3) is 4.64. The van der Waals surface area contributed by atoms with E-state index >= 15 is 0 Å². The lowest BCUT2D eigenvalue weighted by Crippen LogP contribution is -2.48. The number of nitrogens with one attached hydrogen (secondary N) is 1. The molecule has 27 heavy (non-hydrogen) atoms. The number of aryl methyl sites for hydroxylation is 1. The summed E-state index contributed by atoms with van der Waals surface area (Å²) in [6.45, 7) is 8.61. The molecule has 1 N–H and O–H groups in total. The number of carbonyl (C=O) groups excluding carboxylic acids is 1. The van der Waals surface area contributed by atoms with Gasteiger partial charge in [-0.05, 0) is 64.7 Å². The Labute approximate surface area is 159 Å². The molecular formula is C20H27FN4O2. The van der Waals surface area contributed by atoms with Gasteiger partial charge in [-0.3, -0.25) is 5.10 Å². The van der Waals surface area contributed by atoms with Gasteiger partial charge in [-0.25, -0.2) is 14.2 Å². The van der Waals surface area contributed by atoms with E-state index in [1.165, 1.54) is 12.1 Å². The number of benzene rings is 1. The van der Waals surface area contributed by atoms with Crippen molar-refractivity contribution < 1.29 is 13.9 Å². The van der Waals surface area contributed by atoms with Crippen LogP contribution in [0.3, 0.4) is 0 Å². The van der Waals surface area contributed by atoms with Gasteiger partial charge >= 0.3 is 6.09 Å². The first kappa shape index (κ1) is 19.3. The standard InChI is InChI=1S/C20H27FN4O2/c1-14-22-17(24-23-14)20(13-15-5-7-16(21)8-6-15)9-11-25(12-10-20)18(26)27-19(2,3)4/h5-8H,9-13H2,1-4H3,(H,22,23,24).